The number of amides is 1. The van der Waals surface area contributed by atoms with Crippen LogP contribution in [0.4, 0.5) is 5.69 Å². The van der Waals surface area contributed by atoms with Crippen molar-refractivity contribution in [2.75, 3.05) is 25.7 Å². The summed E-state index contributed by atoms with van der Waals surface area (Å²) < 4.78 is 15.2. The molecule has 1 spiro atoms. The van der Waals surface area contributed by atoms with Crippen molar-refractivity contribution >= 4 is 19.9 Å². The van der Waals surface area contributed by atoms with E-state index in [1.165, 1.54) is 11.7 Å². The molecule has 2 aliphatic rings. The molecule has 2 N–H and O–H groups in total. The summed E-state index contributed by atoms with van der Waals surface area (Å²) in [6.45, 7) is 6.23. The molecule has 0 radical (unpaired) electrons. The summed E-state index contributed by atoms with van der Waals surface area (Å²) in [5, 5.41) is 17.4. The second-order valence-electron chi connectivity index (χ2n) is 10.9. The first-order valence-electron chi connectivity index (χ1n) is 13.1. The Morgan fingerprint density at radius 1 is 1.23 bits per heavy atom. The molecule has 4 atom stereocenters. The largest absolute Gasteiger partial charge is 0.491 e. The number of hydrogen-bond acceptors (Lipinski definition) is 8. The molecule has 0 bridgehead atoms. The molecule has 1 fully saturated rings. The third-order valence-electron chi connectivity index (χ3n) is 8.10. The Kier molecular flexibility index (Phi) is 7.00. The summed E-state index contributed by atoms with van der Waals surface area (Å²) in [6, 6.07) is 8.82. The van der Waals surface area contributed by atoms with Crippen LogP contribution < -0.4 is 15.2 Å². The molecular formula is C27H35N5O6Si. The Morgan fingerprint density at radius 3 is 2.69 bits per heavy atom. The minimum Gasteiger partial charge on any atom is -0.491 e. The van der Waals surface area contributed by atoms with Crippen molar-refractivity contribution in [1.82, 2.24) is 19.6 Å². The van der Waals surface area contributed by atoms with Gasteiger partial charge in [0.2, 0.25) is 0 Å². The van der Waals surface area contributed by atoms with Gasteiger partial charge in [0.1, 0.15) is 0 Å². The lowest BCUT2D eigenvalue weighted by molar-refractivity contribution is -0.145. The van der Waals surface area contributed by atoms with E-state index in [2.05, 4.69) is 10.3 Å². The van der Waals surface area contributed by atoms with Gasteiger partial charge in [0.15, 0.2) is 19.7 Å². The van der Waals surface area contributed by atoms with Crippen molar-refractivity contribution in [1.29, 1.82) is 0 Å². The molecule has 2 aliphatic heterocycles. The van der Waals surface area contributed by atoms with Crippen molar-refractivity contribution in [3.8, 4) is 11.4 Å². The van der Waals surface area contributed by atoms with Crippen LogP contribution >= 0.6 is 0 Å². The molecule has 11 nitrogen and oxygen atoms in total. The number of carbonyl (C=O) groups is 1. The van der Waals surface area contributed by atoms with Crippen LogP contribution in [0.2, 0.25) is 18.6 Å². The van der Waals surface area contributed by atoms with Gasteiger partial charge in [-0.1, -0.05) is 12.1 Å². The zero-order valence-electron chi connectivity index (χ0n) is 22.9. The van der Waals surface area contributed by atoms with Gasteiger partial charge < -0.3 is 24.3 Å². The van der Waals surface area contributed by atoms with Gasteiger partial charge in [-0.15, -0.1) is 5.10 Å². The van der Waals surface area contributed by atoms with E-state index in [1.54, 1.807) is 47.2 Å². The van der Waals surface area contributed by atoms with Crippen molar-refractivity contribution in [2.45, 2.75) is 56.7 Å². The van der Waals surface area contributed by atoms with E-state index in [1.807, 2.05) is 32.2 Å². The van der Waals surface area contributed by atoms with Gasteiger partial charge in [0.05, 0.1) is 24.6 Å². The fraction of sp³-hybridized carbons (Fsp3) is 0.481. The molecule has 0 unspecified atom stereocenters. The smallest absolute Gasteiger partial charge is 0.297 e. The number of rotatable bonds is 8. The Bertz CT molecular complexity index is 1450. The molecule has 5 rings (SSSR count). The number of ether oxygens (including phenoxy) is 2. The number of likely N-dealkylation sites (N-methyl/N-ethyl adjacent to an activating group) is 1. The van der Waals surface area contributed by atoms with Gasteiger partial charge >= 0.3 is 0 Å². The van der Waals surface area contributed by atoms with E-state index in [4.69, 9.17) is 9.47 Å². The lowest BCUT2D eigenvalue weighted by Crippen LogP contribution is -2.45. The molecule has 2 aromatic heterocycles. The zero-order chi connectivity index (χ0) is 28.1. The van der Waals surface area contributed by atoms with Gasteiger partial charge in [-0.05, 0) is 49.8 Å². The number of aliphatic hydroxyl groups excluding tert-OH is 1. The molecule has 12 heteroatoms. The second-order valence-corrected chi connectivity index (χ2v) is 14.9. The maximum Gasteiger partial charge on any atom is 0.297 e. The van der Waals surface area contributed by atoms with Gasteiger partial charge in [0, 0.05) is 61.7 Å². The highest BCUT2D eigenvalue weighted by Gasteiger charge is 2.65. The molecule has 1 amide bonds. The number of aromatic nitrogens is 4. The number of hydrogen-bond donors (Lipinski definition) is 2. The molecule has 0 aliphatic carbocycles. The quantitative estimate of drug-likeness (QED) is 0.404. The number of benzene rings is 1. The van der Waals surface area contributed by atoms with Crippen LogP contribution in [-0.4, -0.2) is 70.6 Å². The van der Waals surface area contributed by atoms with E-state index < -0.39 is 20.0 Å². The maximum absolute atomic E-state index is 14.0. The van der Waals surface area contributed by atoms with E-state index in [0.717, 1.165) is 0 Å². The Morgan fingerprint density at radius 2 is 2.00 bits per heavy atom. The fourth-order valence-electron chi connectivity index (χ4n) is 6.36. The molecule has 0 saturated carbocycles. The first-order valence-corrected chi connectivity index (χ1v) is 16.1. The predicted molar refractivity (Wildman–Crippen MR) is 147 cm³/mol. The van der Waals surface area contributed by atoms with Crippen LogP contribution in [0.3, 0.4) is 0 Å². The van der Waals surface area contributed by atoms with E-state index in [-0.39, 0.29) is 35.3 Å². The van der Waals surface area contributed by atoms with Gasteiger partial charge in [-0.2, -0.15) is 0 Å². The first-order chi connectivity index (χ1) is 18.5. The molecule has 1 saturated heterocycles. The monoisotopic (exact) mass is 553 g/mol. The van der Waals surface area contributed by atoms with Crippen LogP contribution in [0.1, 0.15) is 24.6 Å². The molecule has 3 aromatic rings. The van der Waals surface area contributed by atoms with Crippen LogP contribution in [0.15, 0.2) is 47.5 Å². The second kappa shape index (κ2) is 10.0. The van der Waals surface area contributed by atoms with Gasteiger partial charge in [-0.3, -0.25) is 18.8 Å². The Hall–Kier alpha value is -3.32. The summed E-state index contributed by atoms with van der Waals surface area (Å²) >= 11 is 0. The predicted octanol–water partition coefficient (Wildman–Crippen LogP) is 1.84. The number of anilines is 1. The summed E-state index contributed by atoms with van der Waals surface area (Å²) in [4.78, 5) is 40.0. The highest BCUT2D eigenvalue weighted by atomic mass is 28.4. The topological polar surface area (TPSA) is 132 Å². The maximum atomic E-state index is 14.0. The van der Waals surface area contributed by atoms with E-state index in [0.29, 0.717) is 42.0 Å². The third kappa shape index (κ3) is 4.41. The molecule has 39 heavy (non-hydrogen) atoms. The number of aliphatic hydroxyl groups is 1. The first kappa shape index (κ1) is 27.3. The minimum absolute atomic E-state index is 0.00421. The van der Waals surface area contributed by atoms with Crippen molar-refractivity contribution < 1.29 is 24.2 Å². The molecule has 1 aromatic carbocycles. The number of methoxy groups -OCH3 is 1. The number of fused-ring (bicyclic) bond motifs is 2. The Labute approximate surface area is 227 Å². The molecular weight excluding hydrogens is 518 g/mol. The normalized spacial score (nSPS) is 24.5. The summed E-state index contributed by atoms with van der Waals surface area (Å²) in [5.74, 6) is -0.282. The highest BCUT2D eigenvalue weighted by Crippen LogP contribution is 2.59. The SMILES string of the molecule is COc1cccn(-c2ccc3c(c2)[C@@]2(O[C@H](CCn4cc(CCO)nn4)[C@@H]([Si](C)(C)O)[C@@H]2C)C(=O)N3C)c1=O. The van der Waals surface area contributed by atoms with Crippen LogP contribution in [0.5, 0.6) is 5.75 Å². The van der Waals surface area contributed by atoms with E-state index in [9.17, 15) is 19.5 Å². The number of carbonyl (C=O) groups excluding carboxylic acids is 1. The van der Waals surface area contributed by atoms with Crippen LogP contribution in [-0.2, 0) is 28.1 Å². The zero-order valence-corrected chi connectivity index (χ0v) is 23.9. The molecule has 4 heterocycles. The van der Waals surface area contributed by atoms with Gasteiger partial charge in [0.25, 0.3) is 11.5 Å². The standard InChI is InChI=1S/C27H35N5O6Si/c1-17-24(39(4,5)36)22(10-13-31-16-18(11-14-33)28-29-31)38-27(17)20-15-19(8-9-21(20)30(2)26(27)35)32-12-6-7-23(37-3)25(32)34/h6-9,12,15-17,22,24,33,36H,10-11,13-14H2,1-5H3/t17-,22+,24-,27+/m0/s1. The van der Waals surface area contributed by atoms with Crippen molar-refractivity contribution in [3.05, 3.63) is 64.3 Å². The number of pyridine rings is 1. The third-order valence-corrected chi connectivity index (χ3v) is 10.6. The van der Waals surface area contributed by atoms with Crippen LogP contribution in [0, 0.1) is 5.92 Å². The fourth-order valence-corrected chi connectivity index (χ4v) is 8.96. The lowest BCUT2D eigenvalue weighted by Gasteiger charge is -2.32. The van der Waals surface area contributed by atoms with Crippen molar-refractivity contribution in [2.24, 2.45) is 5.92 Å². The van der Waals surface area contributed by atoms with Crippen LogP contribution in [0.25, 0.3) is 5.69 Å². The average molecular weight is 554 g/mol. The lowest BCUT2D eigenvalue weighted by atomic mass is 9.82. The van der Waals surface area contributed by atoms with Gasteiger partial charge in [-0.25, -0.2) is 0 Å². The van der Waals surface area contributed by atoms with E-state index >= 15 is 0 Å². The average Bonchev–Trinajstić information content (AvgIpc) is 3.53. The minimum atomic E-state index is -2.81. The Balaban J connectivity index is 1.55. The summed E-state index contributed by atoms with van der Waals surface area (Å²) in [7, 11) is 0.373. The molecule has 208 valence electrons. The number of aryl methyl sites for hydroxylation is 1. The van der Waals surface area contributed by atoms with Crippen molar-refractivity contribution in [3.63, 3.8) is 0 Å². The summed E-state index contributed by atoms with van der Waals surface area (Å²) in [6.07, 6.45) is 4.01. The number of nitrogens with zero attached hydrogens (tertiary/aromatic N) is 5. The summed E-state index contributed by atoms with van der Waals surface area (Å²) in [5.41, 5.74) is 0.861. The highest BCUT2D eigenvalue weighted by molar-refractivity contribution is 6.71.